The summed E-state index contributed by atoms with van der Waals surface area (Å²) >= 11 is 0. The van der Waals surface area contributed by atoms with E-state index in [1.807, 2.05) is 30.3 Å². The first-order valence-electron chi connectivity index (χ1n) is 8.61. The number of pyridine rings is 4. The fourth-order valence-electron chi connectivity index (χ4n) is 3.11. The lowest BCUT2D eigenvalue weighted by atomic mass is 10.0. The molecule has 0 aromatic carbocycles. The molecule has 0 aliphatic rings. The molecule has 0 saturated heterocycles. The summed E-state index contributed by atoms with van der Waals surface area (Å²) < 4.78 is 14.5. The van der Waals surface area contributed by atoms with Crippen molar-refractivity contribution in [3.05, 3.63) is 79.4 Å². The third-order valence-electron chi connectivity index (χ3n) is 4.42. The molecule has 0 amide bonds. The van der Waals surface area contributed by atoms with Crippen LogP contribution in [0.15, 0.2) is 73.6 Å². The summed E-state index contributed by atoms with van der Waals surface area (Å²) in [5, 5.41) is 0. The molecule has 0 radical (unpaired) electrons. The Balaban J connectivity index is 1.78. The minimum absolute atomic E-state index is 0.414. The quantitative estimate of drug-likeness (QED) is 0.514. The number of nitrogens with zero attached hydrogens (tertiary/aromatic N) is 5. The number of aromatic amines is 1. The average Bonchev–Trinajstić information content (AvgIpc) is 3.18. The third-order valence-corrected chi connectivity index (χ3v) is 4.42. The van der Waals surface area contributed by atoms with Crippen LogP contribution < -0.4 is 0 Å². The van der Waals surface area contributed by atoms with Crippen molar-refractivity contribution >= 4 is 11.2 Å². The van der Waals surface area contributed by atoms with Gasteiger partial charge >= 0.3 is 0 Å². The molecule has 28 heavy (non-hydrogen) atoms. The van der Waals surface area contributed by atoms with E-state index in [1.165, 1.54) is 6.20 Å². The maximum Gasteiger partial charge on any atom is 0.178 e. The topological polar surface area (TPSA) is 80.2 Å². The lowest BCUT2D eigenvalue weighted by molar-refractivity contribution is 0.625. The molecular weight excluding hydrogens is 355 g/mol. The van der Waals surface area contributed by atoms with Crippen molar-refractivity contribution in [1.29, 1.82) is 0 Å². The van der Waals surface area contributed by atoms with Gasteiger partial charge in [-0.15, -0.1) is 0 Å². The zero-order chi connectivity index (χ0) is 18.9. The fourth-order valence-corrected chi connectivity index (χ4v) is 3.11. The molecule has 0 fully saturated rings. The Morgan fingerprint density at radius 1 is 0.750 bits per heavy atom. The molecule has 5 rings (SSSR count). The van der Waals surface area contributed by atoms with Gasteiger partial charge in [-0.2, -0.15) is 0 Å². The van der Waals surface area contributed by atoms with Gasteiger partial charge in [-0.25, -0.2) is 14.4 Å². The summed E-state index contributed by atoms with van der Waals surface area (Å²) in [6.45, 7) is 0. The number of aromatic nitrogens is 6. The van der Waals surface area contributed by atoms with Gasteiger partial charge in [0.05, 0.1) is 17.4 Å². The van der Waals surface area contributed by atoms with Crippen LogP contribution in [0.2, 0.25) is 0 Å². The second kappa shape index (κ2) is 6.62. The van der Waals surface area contributed by atoms with Crippen LogP contribution in [0, 0.1) is 5.82 Å². The van der Waals surface area contributed by atoms with E-state index in [0.29, 0.717) is 33.8 Å². The Labute approximate surface area is 159 Å². The van der Waals surface area contributed by atoms with Gasteiger partial charge in [0.15, 0.2) is 5.65 Å². The van der Waals surface area contributed by atoms with Crippen LogP contribution >= 0.6 is 0 Å². The molecule has 0 aliphatic carbocycles. The van der Waals surface area contributed by atoms with Gasteiger partial charge in [-0.05, 0) is 36.4 Å². The highest BCUT2D eigenvalue weighted by molar-refractivity contribution is 5.89. The molecule has 0 bridgehead atoms. The van der Waals surface area contributed by atoms with E-state index in [-0.39, 0.29) is 0 Å². The highest BCUT2D eigenvalue weighted by Gasteiger charge is 2.17. The van der Waals surface area contributed by atoms with E-state index in [4.69, 9.17) is 4.98 Å². The number of hydrogen-bond donors (Lipinski definition) is 1. The van der Waals surface area contributed by atoms with Crippen molar-refractivity contribution in [2.45, 2.75) is 0 Å². The third kappa shape index (κ3) is 2.79. The Morgan fingerprint density at radius 3 is 2.36 bits per heavy atom. The van der Waals surface area contributed by atoms with E-state index < -0.39 is 5.82 Å². The Hall–Kier alpha value is -4.00. The van der Waals surface area contributed by atoms with Gasteiger partial charge in [0, 0.05) is 53.2 Å². The fraction of sp³-hybridized carbons (Fsp3) is 0. The molecule has 1 N–H and O–H groups in total. The van der Waals surface area contributed by atoms with Crippen molar-refractivity contribution in [2.75, 3.05) is 0 Å². The molecule has 134 valence electrons. The first-order chi connectivity index (χ1) is 13.8. The minimum atomic E-state index is -0.414. The van der Waals surface area contributed by atoms with Crippen LogP contribution in [0.25, 0.3) is 44.9 Å². The molecule has 6 nitrogen and oxygen atoms in total. The molecule has 0 unspecified atom stereocenters. The summed E-state index contributed by atoms with van der Waals surface area (Å²) in [4.78, 5) is 24.6. The average molecular weight is 368 g/mol. The van der Waals surface area contributed by atoms with Crippen LogP contribution in [0.3, 0.4) is 0 Å². The Bertz CT molecular complexity index is 1270. The van der Waals surface area contributed by atoms with Gasteiger partial charge in [-0.3, -0.25) is 15.0 Å². The first-order valence-corrected chi connectivity index (χ1v) is 8.61. The van der Waals surface area contributed by atoms with Gasteiger partial charge < -0.3 is 4.98 Å². The Morgan fingerprint density at radius 2 is 1.57 bits per heavy atom. The van der Waals surface area contributed by atoms with Crippen LogP contribution in [-0.4, -0.2) is 29.9 Å². The molecule has 0 spiro atoms. The van der Waals surface area contributed by atoms with Crippen LogP contribution in [-0.2, 0) is 0 Å². The first kappa shape index (κ1) is 16.2. The van der Waals surface area contributed by atoms with Gasteiger partial charge in [0.25, 0.3) is 0 Å². The predicted octanol–water partition coefficient (Wildman–Crippen LogP) is 4.28. The molecule has 5 heterocycles. The summed E-state index contributed by atoms with van der Waals surface area (Å²) in [5.74, 6) is 0.261. The number of halogens is 1. The number of rotatable bonds is 3. The molecule has 5 aromatic rings. The van der Waals surface area contributed by atoms with Crippen LogP contribution in [0.4, 0.5) is 4.39 Å². The van der Waals surface area contributed by atoms with Crippen molar-refractivity contribution in [1.82, 2.24) is 29.9 Å². The molecule has 0 saturated carbocycles. The molecule has 7 heteroatoms. The number of imidazole rings is 1. The molecular formula is C21H13FN6. The molecule has 5 aromatic heterocycles. The normalized spacial score (nSPS) is 11.0. The summed E-state index contributed by atoms with van der Waals surface area (Å²) in [6.07, 6.45) is 9.55. The number of nitrogens with one attached hydrogen (secondary N) is 1. The van der Waals surface area contributed by atoms with E-state index in [9.17, 15) is 4.39 Å². The lowest BCUT2D eigenvalue weighted by Crippen LogP contribution is -1.94. The molecule has 0 atom stereocenters. The zero-order valence-corrected chi connectivity index (χ0v) is 14.5. The second-order valence-corrected chi connectivity index (χ2v) is 6.17. The monoisotopic (exact) mass is 368 g/mol. The molecule has 0 aliphatic heterocycles. The second-order valence-electron chi connectivity index (χ2n) is 6.17. The Kier molecular flexibility index (Phi) is 3.83. The van der Waals surface area contributed by atoms with Gasteiger partial charge in [0.2, 0.25) is 0 Å². The van der Waals surface area contributed by atoms with Crippen LogP contribution in [0.5, 0.6) is 0 Å². The maximum atomic E-state index is 14.5. The summed E-state index contributed by atoms with van der Waals surface area (Å²) in [6, 6.07) is 10.9. The SMILES string of the molecule is Fc1cnccc1-c1cc2[nH]c(-c3ccncc3)nc2nc1-c1cccnc1. The summed E-state index contributed by atoms with van der Waals surface area (Å²) in [7, 11) is 0. The van der Waals surface area contributed by atoms with Gasteiger partial charge in [-0.1, -0.05) is 0 Å². The smallest absolute Gasteiger partial charge is 0.178 e. The van der Waals surface area contributed by atoms with E-state index in [2.05, 4.69) is 24.9 Å². The van der Waals surface area contributed by atoms with E-state index in [0.717, 1.165) is 11.1 Å². The number of hydrogen-bond acceptors (Lipinski definition) is 5. The van der Waals surface area contributed by atoms with E-state index >= 15 is 0 Å². The lowest BCUT2D eigenvalue weighted by Gasteiger charge is -2.09. The van der Waals surface area contributed by atoms with Crippen molar-refractivity contribution in [3.8, 4) is 33.8 Å². The standard InChI is InChI=1S/C21H13FN6/c22-17-12-25-9-5-15(17)16-10-18-21(27-19(16)14-2-1-6-24-11-14)28-20(26-18)13-3-7-23-8-4-13/h1-12H,(H,26,27,28). The number of H-pyrrole nitrogens is 1. The highest BCUT2D eigenvalue weighted by atomic mass is 19.1. The minimum Gasteiger partial charge on any atom is -0.337 e. The van der Waals surface area contributed by atoms with E-state index in [1.54, 1.807) is 37.1 Å². The zero-order valence-electron chi connectivity index (χ0n) is 14.5. The highest BCUT2D eigenvalue weighted by Crippen LogP contribution is 2.34. The number of fused-ring (bicyclic) bond motifs is 1. The van der Waals surface area contributed by atoms with Crippen molar-refractivity contribution in [3.63, 3.8) is 0 Å². The van der Waals surface area contributed by atoms with Crippen molar-refractivity contribution in [2.24, 2.45) is 0 Å². The summed E-state index contributed by atoms with van der Waals surface area (Å²) in [5.41, 5.74) is 4.61. The largest absolute Gasteiger partial charge is 0.337 e. The predicted molar refractivity (Wildman–Crippen MR) is 104 cm³/mol. The maximum absolute atomic E-state index is 14.5. The van der Waals surface area contributed by atoms with Crippen molar-refractivity contribution < 1.29 is 4.39 Å². The van der Waals surface area contributed by atoms with Gasteiger partial charge in [0.1, 0.15) is 11.6 Å². The van der Waals surface area contributed by atoms with Crippen LogP contribution in [0.1, 0.15) is 0 Å².